The molecular formula is C45H58BrCl5IN8NaO2. The van der Waals surface area contributed by atoms with Gasteiger partial charge in [-0.3, -0.25) is 10.2 Å². The van der Waals surface area contributed by atoms with Gasteiger partial charge < -0.3 is 53.5 Å². The van der Waals surface area contributed by atoms with E-state index in [1.165, 1.54) is 0 Å². The molecule has 0 spiro atoms. The maximum absolute atomic E-state index is 6.40. The third-order valence-corrected chi connectivity index (χ3v) is 12.4. The second kappa shape index (κ2) is 31.6. The molecule has 8 rings (SSSR count). The van der Waals surface area contributed by atoms with Gasteiger partial charge in [-0.1, -0.05) is 81.9 Å². The van der Waals surface area contributed by atoms with E-state index in [1.54, 1.807) is 0 Å². The van der Waals surface area contributed by atoms with Gasteiger partial charge in [-0.15, -0.1) is 12.4 Å². The quantitative estimate of drug-likeness (QED) is 0.0544. The van der Waals surface area contributed by atoms with Crippen molar-refractivity contribution >= 4 is 108 Å². The molecule has 340 valence electrons. The average Bonchev–Trinajstić information content (AvgIpc) is 3.76. The molecule has 2 aliphatic heterocycles. The second-order valence-electron chi connectivity index (χ2n) is 14.5. The van der Waals surface area contributed by atoms with Crippen molar-refractivity contribution in [3.05, 3.63) is 105 Å². The minimum Gasteiger partial charge on any atom is -1.00 e. The van der Waals surface area contributed by atoms with Gasteiger partial charge in [0.05, 0.1) is 68.1 Å². The number of aromatic amines is 2. The Morgan fingerprint density at radius 2 is 1.16 bits per heavy atom. The fraction of sp³-hybridized carbons (Fsp3) is 0.422. The van der Waals surface area contributed by atoms with Crippen LogP contribution in [0.2, 0.25) is 20.1 Å². The molecule has 4 heterocycles. The Labute approximate surface area is 447 Å². The zero-order valence-electron chi connectivity index (χ0n) is 35.0. The molecule has 2 saturated heterocycles. The van der Waals surface area contributed by atoms with Crippen molar-refractivity contribution in [1.29, 1.82) is 0 Å². The summed E-state index contributed by atoms with van der Waals surface area (Å²) >= 11 is 28.2. The number of alkyl halides is 1. The number of nitrogens with zero attached hydrogens (tertiary/aromatic N) is 5. The Bertz CT molecular complexity index is 2180. The van der Waals surface area contributed by atoms with Crippen LogP contribution >= 0.6 is 74.7 Å². The molecule has 0 amide bonds. The Balaban J connectivity index is 0.000000343. The molecule has 4 aromatic carbocycles. The molecule has 0 radical (unpaired) electrons. The van der Waals surface area contributed by atoms with Gasteiger partial charge in [0, 0.05) is 67.5 Å². The van der Waals surface area contributed by atoms with Crippen LogP contribution in [0.25, 0.3) is 21.8 Å². The van der Waals surface area contributed by atoms with E-state index in [0.29, 0.717) is 20.1 Å². The van der Waals surface area contributed by atoms with Crippen LogP contribution in [-0.4, -0.2) is 103 Å². The van der Waals surface area contributed by atoms with E-state index in [0.717, 1.165) is 161 Å². The van der Waals surface area contributed by atoms with Crippen molar-refractivity contribution < 1.29 is 63.0 Å². The zero-order chi connectivity index (χ0) is 41.2. The molecule has 0 bridgehead atoms. The summed E-state index contributed by atoms with van der Waals surface area (Å²) in [5, 5.41) is 23.1. The van der Waals surface area contributed by atoms with E-state index >= 15 is 0 Å². The number of anilines is 2. The topological polar surface area (TPSA) is 97.6 Å². The van der Waals surface area contributed by atoms with Gasteiger partial charge in [0.25, 0.3) is 0 Å². The number of rotatable bonds is 13. The summed E-state index contributed by atoms with van der Waals surface area (Å²) in [6.45, 7) is 10.8. The SMILES string of the molecule is BrCCCCOc1ccc2cn[nH]c2c1.C.Cl.Clc1cccc(N2CCCN(CCCCOc3ccc4cn[nH]c4c3)CC2)c1Cl.Clc1cccc(N2CCCNCC2)c1Cl.[I-].[Na+]. The molecule has 18 heteroatoms. The van der Waals surface area contributed by atoms with Crippen molar-refractivity contribution in [3.8, 4) is 11.5 Å². The summed E-state index contributed by atoms with van der Waals surface area (Å²) in [6, 6.07) is 23.7. The van der Waals surface area contributed by atoms with Gasteiger partial charge in [0.15, 0.2) is 0 Å². The Morgan fingerprint density at radius 1 is 0.619 bits per heavy atom. The van der Waals surface area contributed by atoms with Crippen molar-refractivity contribution in [2.24, 2.45) is 0 Å². The number of benzene rings is 4. The third-order valence-electron chi connectivity index (χ3n) is 10.2. The number of H-pyrrole nitrogens is 2. The third kappa shape index (κ3) is 18.3. The minimum atomic E-state index is 0. The molecule has 0 atom stereocenters. The molecule has 2 aliphatic rings. The normalized spacial score (nSPS) is 13.9. The first-order valence-electron chi connectivity index (χ1n) is 20.4. The van der Waals surface area contributed by atoms with Crippen molar-refractivity contribution in [2.45, 2.75) is 46.0 Å². The van der Waals surface area contributed by atoms with E-state index in [-0.39, 0.29) is 73.4 Å². The number of fused-ring (bicyclic) bond motifs is 2. The van der Waals surface area contributed by atoms with Gasteiger partial charge in [-0.2, -0.15) is 10.2 Å². The van der Waals surface area contributed by atoms with Crippen LogP contribution in [0.5, 0.6) is 11.5 Å². The largest absolute Gasteiger partial charge is 1.00 e. The van der Waals surface area contributed by atoms with E-state index in [4.69, 9.17) is 55.9 Å². The van der Waals surface area contributed by atoms with Gasteiger partial charge >= 0.3 is 29.6 Å². The Hall–Kier alpha value is -1.40. The van der Waals surface area contributed by atoms with E-state index in [9.17, 15) is 0 Å². The first-order valence-corrected chi connectivity index (χ1v) is 23.0. The molecule has 0 aliphatic carbocycles. The van der Waals surface area contributed by atoms with Crippen molar-refractivity contribution in [1.82, 2.24) is 30.6 Å². The average molecular weight is 1150 g/mol. The van der Waals surface area contributed by atoms with Crippen LogP contribution in [0.3, 0.4) is 0 Å². The van der Waals surface area contributed by atoms with E-state index < -0.39 is 0 Å². The first kappa shape index (κ1) is 57.7. The Kier molecular flexibility index (Phi) is 28.9. The van der Waals surface area contributed by atoms with Gasteiger partial charge in [0.2, 0.25) is 0 Å². The molecule has 2 fully saturated rings. The van der Waals surface area contributed by atoms with E-state index in [1.807, 2.05) is 79.1 Å². The number of aromatic nitrogens is 4. The van der Waals surface area contributed by atoms with Crippen LogP contribution in [0.1, 0.15) is 46.0 Å². The molecule has 3 N–H and O–H groups in total. The Morgan fingerprint density at radius 3 is 1.73 bits per heavy atom. The molecule has 0 unspecified atom stereocenters. The predicted octanol–water partition coefficient (Wildman–Crippen LogP) is 6.22. The smallest absolute Gasteiger partial charge is 1.00 e. The summed E-state index contributed by atoms with van der Waals surface area (Å²) in [4.78, 5) is 7.17. The second-order valence-corrected chi connectivity index (χ2v) is 16.8. The summed E-state index contributed by atoms with van der Waals surface area (Å²) < 4.78 is 11.5. The maximum atomic E-state index is 6.40. The molecule has 10 nitrogen and oxygen atoms in total. The fourth-order valence-electron chi connectivity index (χ4n) is 7.02. The van der Waals surface area contributed by atoms with Gasteiger partial charge in [0.1, 0.15) is 11.5 Å². The zero-order valence-corrected chi connectivity index (χ0v) is 44.6. The number of hydrogen-bond acceptors (Lipinski definition) is 8. The monoisotopic (exact) mass is 1150 g/mol. The van der Waals surface area contributed by atoms with Gasteiger partial charge in [-0.25, -0.2) is 0 Å². The van der Waals surface area contributed by atoms with Crippen LogP contribution in [0.15, 0.2) is 85.2 Å². The molecule has 0 saturated carbocycles. The molecule has 63 heavy (non-hydrogen) atoms. The minimum absolute atomic E-state index is 0. The molecule has 2 aromatic heterocycles. The number of ether oxygens (including phenoxy) is 2. The first-order chi connectivity index (χ1) is 28.9. The van der Waals surface area contributed by atoms with Gasteiger partial charge in [-0.05, 0) is 107 Å². The number of halogens is 7. The summed E-state index contributed by atoms with van der Waals surface area (Å²) in [5.41, 5.74) is 4.13. The van der Waals surface area contributed by atoms with E-state index in [2.05, 4.69) is 62.4 Å². The summed E-state index contributed by atoms with van der Waals surface area (Å²) in [7, 11) is 0. The van der Waals surface area contributed by atoms with Crippen LogP contribution in [0.4, 0.5) is 11.4 Å². The van der Waals surface area contributed by atoms with Crippen LogP contribution < -0.4 is 78.1 Å². The van der Waals surface area contributed by atoms with Crippen LogP contribution in [0, 0.1) is 0 Å². The number of nitrogens with one attached hydrogen (secondary N) is 3. The molecular weight excluding hydrogens is 1090 g/mol. The maximum Gasteiger partial charge on any atom is 1.00 e. The molecule has 6 aromatic rings. The standard InChI is InChI=1S/C22H26Cl2N4O.C11H13BrN2O.C11H14Cl2N2.CH4.ClH.HI.Na/c23-19-5-3-6-21(22(19)24)28-11-4-10-27(12-13-28)9-1-2-14-29-18-8-7-17-16-25-26-20(17)15-18;12-5-1-2-6-15-10-4-3-9-8-13-14-11(9)7-10;12-9-3-1-4-10(11(9)13)15-7-2-5-14-6-8-15;;;;/h3,5-8,15-16H,1-2,4,9-14H2,(H,25,26);3-4,7-8H,1-2,5-6H2,(H,13,14);1,3-4,14H,2,5-8H2;1H4;2*1H;/q;;;;;;+1/p-1. The summed E-state index contributed by atoms with van der Waals surface area (Å²) in [5.74, 6) is 1.80. The number of unbranched alkanes of at least 4 members (excludes halogenated alkanes) is 2. The summed E-state index contributed by atoms with van der Waals surface area (Å²) in [6.07, 6.45) is 10.3. The van der Waals surface area contributed by atoms with Crippen LogP contribution in [-0.2, 0) is 0 Å². The predicted molar refractivity (Wildman–Crippen MR) is 265 cm³/mol. The van der Waals surface area contributed by atoms with Crippen molar-refractivity contribution in [3.63, 3.8) is 0 Å². The number of hydrogen-bond donors (Lipinski definition) is 3. The van der Waals surface area contributed by atoms with Crippen molar-refractivity contribution in [2.75, 3.05) is 87.2 Å². The fourth-order valence-corrected chi connectivity index (χ4v) is 8.25.